The Hall–Kier alpha value is -3.61. The van der Waals surface area contributed by atoms with Crippen molar-refractivity contribution in [3.05, 3.63) is 75.8 Å². The van der Waals surface area contributed by atoms with Crippen LogP contribution in [0.5, 0.6) is 11.5 Å². The summed E-state index contributed by atoms with van der Waals surface area (Å²) in [7, 11) is 3.00. The average molecular weight is 379 g/mol. The Morgan fingerprint density at radius 1 is 1.00 bits per heavy atom. The maximum atomic E-state index is 12.8. The fraction of sp³-hybridized carbons (Fsp3) is 0.190. The molecule has 1 aromatic heterocycles. The van der Waals surface area contributed by atoms with Crippen molar-refractivity contribution >= 4 is 11.7 Å². The van der Waals surface area contributed by atoms with Crippen molar-refractivity contribution in [2.24, 2.45) is 0 Å². The van der Waals surface area contributed by atoms with Gasteiger partial charge in [-0.3, -0.25) is 14.2 Å². The van der Waals surface area contributed by atoms with Crippen LogP contribution in [0.4, 0.5) is 5.82 Å². The third-order valence-electron chi connectivity index (χ3n) is 4.20. The molecular formula is C21H21N3O4. The second-order valence-corrected chi connectivity index (χ2v) is 6.32. The van der Waals surface area contributed by atoms with Gasteiger partial charge in [-0.1, -0.05) is 6.07 Å². The molecule has 28 heavy (non-hydrogen) atoms. The summed E-state index contributed by atoms with van der Waals surface area (Å²) in [5.74, 6) is 0.406. The summed E-state index contributed by atoms with van der Waals surface area (Å²) in [5, 5.41) is 2.57. The molecule has 0 atom stereocenters. The van der Waals surface area contributed by atoms with E-state index in [1.54, 1.807) is 24.4 Å². The van der Waals surface area contributed by atoms with Gasteiger partial charge in [0, 0.05) is 23.6 Å². The number of benzene rings is 2. The Balaban J connectivity index is 1.93. The number of aryl methyl sites for hydroxylation is 2. The smallest absolute Gasteiger partial charge is 0.298 e. The zero-order chi connectivity index (χ0) is 20.3. The topological polar surface area (TPSA) is 82.5 Å². The first-order valence-corrected chi connectivity index (χ1v) is 8.62. The third kappa shape index (κ3) is 3.88. The van der Waals surface area contributed by atoms with E-state index < -0.39 is 11.5 Å². The predicted octanol–water partition coefficient (Wildman–Crippen LogP) is 3.12. The minimum Gasteiger partial charge on any atom is -0.493 e. The first kappa shape index (κ1) is 19.2. The molecule has 3 aromatic rings. The average Bonchev–Trinajstić information content (AvgIpc) is 2.68. The quantitative estimate of drug-likeness (QED) is 0.737. The lowest BCUT2D eigenvalue weighted by atomic mass is 10.1. The van der Waals surface area contributed by atoms with E-state index in [1.807, 2.05) is 32.0 Å². The Morgan fingerprint density at radius 3 is 2.32 bits per heavy atom. The van der Waals surface area contributed by atoms with Gasteiger partial charge in [-0.15, -0.1) is 0 Å². The summed E-state index contributed by atoms with van der Waals surface area (Å²) in [6.07, 6.45) is 3.05. The van der Waals surface area contributed by atoms with Crippen LogP contribution in [0.25, 0.3) is 5.69 Å². The highest BCUT2D eigenvalue weighted by molar-refractivity contribution is 6.04. The van der Waals surface area contributed by atoms with E-state index in [4.69, 9.17) is 9.47 Å². The van der Waals surface area contributed by atoms with Crippen molar-refractivity contribution in [1.29, 1.82) is 0 Å². The molecule has 0 radical (unpaired) electrons. The maximum absolute atomic E-state index is 12.8. The van der Waals surface area contributed by atoms with Crippen LogP contribution in [-0.4, -0.2) is 29.7 Å². The number of aromatic nitrogens is 2. The van der Waals surface area contributed by atoms with Crippen molar-refractivity contribution in [2.45, 2.75) is 13.8 Å². The maximum Gasteiger partial charge on any atom is 0.298 e. The predicted molar refractivity (Wildman–Crippen MR) is 107 cm³/mol. The Morgan fingerprint density at radius 2 is 1.68 bits per heavy atom. The summed E-state index contributed by atoms with van der Waals surface area (Å²) in [5.41, 5.74) is 2.69. The van der Waals surface area contributed by atoms with E-state index in [2.05, 4.69) is 10.3 Å². The molecule has 7 heteroatoms. The standard InChI is InChI=1S/C21H21N3O4/c1-13-9-14(2)11-16(10-13)24-8-7-22-19(21(24)26)23-20(25)15-5-6-17(27-3)18(12-15)28-4/h5-12H,1-4H3,(H,22,23,25). The van der Waals surface area contributed by atoms with Crippen LogP contribution in [0.15, 0.2) is 53.6 Å². The highest BCUT2D eigenvalue weighted by atomic mass is 16.5. The van der Waals surface area contributed by atoms with Crippen LogP contribution >= 0.6 is 0 Å². The number of amides is 1. The SMILES string of the molecule is COc1ccc(C(=O)Nc2nccn(-c3cc(C)cc(C)c3)c2=O)cc1OC. The van der Waals surface area contributed by atoms with Crippen LogP contribution in [0, 0.1) is 13.8 Å². The van der Waals surface area contributed by atoms with Crippen LogP contribution < -0.4 is 20.3 Å². The van der Waals surface area contributed by atoms with Crippen molar-refractivity contribution < 1.29 is 14.3 Å². The lowest BCUT2D eigenvalue weighted by Crippen LogP contribution is -2.26. The first-order valence-electron chi connectivity index (χ1n) is 8.62. The van der Waals surface area contributed by atoms with Gasteiger partial charge < -0.3 is 14.8 Å². The molecular weight excluding hydrogens is 358 g/mol. The lowest BCUT2D eigenvalue weighted by molar-refractivity contribution is 0.102. The van der Waals surface area contributed by atoms with Gasteiger partial charge in [0.15, 0.2) is 17.3 Å². The van der Waals surface area contributed by atoms with Crippen molar-refractivity contribution in [2.75, 3.05) is 19.5 Å². The van der Waals surface area contributed by atoms with E-state index in [9.17, 15) is 9.59 Å². The summed E-state index contributed by atoms with van der Waals surface area (Å²) in [6, 6.07) is 10.6. The van der Waals surface area contributed by atoms with E-state index in [1.165, 1.54) is 25.0 Å². The summed E-state index contributed by atoms with van der Waals surface area (Å²) >= 11 is 0. The lowest BCUT2D eigenvalue weighted by Gasteiger charge is -2.11. The van der Waals surface area contributed by atoms with Crippen LogP contribution in [-0.2, 0) is 0 Å². The van der Waals surface area contributed by atoms with Crippen LogP contribution in [0.1, 0.15) is 21.5 Å². The number of nitrogens with zero attached hydrogens (tertiary/aromatic N) is 2. The number of hydrogen-bond acceptors (Lipinski definition) is 5. The monoisotopic (exact) mass is 379 g/mol. The second-order valence-electron chi connectivity index (χ2n) is 6.32. The van der Waals surface area contributed by atoms with Gasteiger partial charge in [0.05, 0.1) is 14.2 Å². The molecule has 0 spiro atoms. The zero-order valence-corrected chi connectivity index (χ0v) is 16.1. The summed E-state index contributed by atoms with van der Waals surface area (Å²) in [6.45, 7) is 3.92. The number of ether oxygens (including phenoxy) is 2. The molecule has 7 nitrogen and oxygen atoms in total. The molecule has 0 aliphatic heterocycles. The highest BCUT2D eigenvalue weighted by Crippen LogP contribution is 2.27. The number of hydrogen-bond donors (Lipinski definition) is 1. The number of nitrogens with one attached hydrogen (secondary N) is 1. The van der Waals surface area contributed by atoms with E-state index in [0.717, 1.165) is 11.1 Å². The van der Waals surface area contributed by atoms with Gasteiger partial charge in [0.1, 0.15) is 0 Å². The number of anilines is 1. The summed E-state index contributed by atoms with van der Waals surface area (Å²) in [4.78, 5) is 29.4. The molecule has 1 amide bonds. The van der Waals surface area contributed by atoms with E-state index in [0.29, 0.717) is 22.7 Å². The first-order chi connectivity index (χ1) is 13.4. The molecule has 1 N–H and O–H groups in total. The fourth-order valence-electron chi connectivity index (χ4n) is 2.95. The van der Waals surface area contributed by atoms with Gasteiger partial charge >= 0.3 is 0 Å². The van der Waals surface area contributed by atoms with E-state index in [-0.39, 0.29) is 5.82 Å². The fourth-order valence-corrected chi connectivity index (χ4v) is 2.95. The van der Waals surface area contributed by atoms with Crippen molar-refractivity contribution in [1.82, 2.24) is 9.55 Å². The van der Waals surface area contributed by atoms with Crippen molar-refractivity contribution in [3.63, 3.8) is 0 Å². The molecule has 0 unspecified atom stereocenters. The number of carbonyl (C=O) groups excluding carboxylic acids is 1. The molecule has 0 saturated heterocycles. The number of methoxy groups -OCH3 is 2. The Kier molecular flexibility index (Phi) is 5.44. The molecule has 144 valence electrons. The minimum atomic E-state index is -0.469. The molecule has 2 aromatic carbocycles. The third-order valence-corrected chi connectivity index (χ3v) is 4.20. The Bertz CT molecular complexity index is 1070. The van der Waals surface area contributed by atoms with Gasteiger partial charge in [0.2, 0.25) is 0 Å². The molecule has 0 aliphatic carbocycles. The molecule has 0 fully saturated rings. The molecule has 0 bridgehead atoms. The number of carbonyl (C=O) groups is 1. The minimum absolute atomic E-state index is 0.0542. The van der Waals surface area contributed by atoms with Crippen LogP contribution in [0.2, 0.25) is 0 Å². The second kappa shape index (κ2) is 7.96. The Labute approximate surface area is 162 Å². The van der Waals surface area contributed by atoms with Gasteiger partial charge in [-0.25, -0.2) is 4.98 Å². The van der Waals surface area contributed by atoms with Crippen molar-refractivity contribution in [3.8, 4) is 17.2 Å². The molecule has 1 heterocycles. The van der Waals surface area contributed by atoms with Gasteiger partial charge in [0.25, 0.3) is 11.5 Å². The molecule has 0 saturated carbocycles. The molecule has 3 rings (SSSR count). The highest BCUT2D eigenvalue weighted by Gasteiger charge is 2.14. The zero-order valence-electron chi connectivity index (χ0n) is 16.1. The normalized spacial score (nSPS) is 10.4. The van der Waals surface area contributed by atoms with Gasteiger partial charge in [-0.05, 0) is 55.3 Å². The van der Waals surface area contributed by atoms with E-state index >= 15 is 0 Å². The largest absolute Gasteiger partial charge is 0.493 e. The molecule has 0 aliphatic rings. The van der Waals surface area contributed by atoms with Crippen LogP contribution in [0.3, 0.4) is 0 Å². The number of rotatable bonds is 5. The van der Waals surface area contributed by atoms with Gasteiger partial charge in [-0.2, -0.15) is 0 Å². The summed E-state index contributed by atoms with van der Waals surface area (Å²) < 4.78 is 11.8.